The maximum absolute atomic E-state index is 12.2. The lowest BCUT2D eigenvalue weighted by Crippen LogP contribution is -2.53. The highest BCUT2D eigenvalue weighted by atomic mass is 35.5. The van der Waals surface area contributed by atoms with Gasteiger partial charge in [-0.1, -0.05) is 11.6 Å². The fraction of sp³-hybridized carbons (Fsp3) is 0.389. The number of amides is 2. The van der Waals surface area contributed by atoms with E-state index in [0.717, 1.165) is 12.1 Å². The summed E-state index contributed by atoms with van der Waals surface area (Å²) in [5.41, 5.74) is 2.11. The van der Waals surface area contributed by atoms with Gasteiger partial charge in [-0.2, -0.15) is 0 Å². The van der Waals surface area contributed by atoms with Gasteiger partial charge in [0.2, 0.25) is 5.91 Å². The van der Waals surface area contributed by atoms with Gasteiger partial charge in [0, 0.05) is 33.1 Å². The molecule has 9 heteroatoms. The zero-order chi connectivity index (χ0) is 19.6. The van der Waals surface area contributed by atoms with Crippen LogP contribution in [0.4, 0.5) is 0 Å². The number of carbonyl (C=O) groups excluding carboxylic acids is 2. The van der Waals surface area contributed by atoms with Gasteiger partial charge < -0.3 is 15.5 Å². The van der Waals surface area contributed by atoms with E-state index in [0.29, 0.717) is 23.1 Å². The van der Waals surface area contributed by atoms with E-state index in [1.54, 1.807) is 19.1 Å². The number of nitrogens with one attached hydrogen (secondary N) is 2. The van der Waals surface area contributed by atoms with E-state index >= 15 is 0 Å². The zero-order valence-electron chi connectivity index (χ0n) is 15.4. The molecular formula is C18H21ClN6O2. The van der Waals surface area contributed by atoms with Gasteiger partial charge in [0.15, 0.2) is 0 Å². The summed E-state index contributed by atoms with van der Waals surface area (Å²) < 4.78 is 0. The summed E-state index contributed by atoms with van der Waals surface area (Å²) in [6, 6.07) is 5.07. The molecule has 0 radical (unpaired) electrons. The molecule has 2 aromatic heterocycles. The number of pyridine rings is 1. The van der Waals surface area contributed by atoms with Crippen LogP contribution in [0.15, 0.2) is 24.5 Å². The summed E-state index contributed by atoms with van der Waals surface area (Å²) in [4.78, 5) is 38.4. The number of hydrogen-bond donors (Lipinski definition) is 2. The van der Waals surface area contributed by atoms with Crippen LogP contribution in [0.25, 0.3) is 11.4 Å². The van der Waals surface area contributed by atoms with Crippen molar-refractivity contribution < 1.29 is 9.59 Å². The Hall–Kier alpha value is -2.58. The number of carbonyl (C=O) groups is 2. The fourth-order valence-electron chi connectivity index (χ4n) is 3.33. The minimum Gasteiger partial charge on any atom is -0.354 e. The van der Waals surface area contributed by atoms with E-state index < -0.39 is 0 Å². The normalized spacial score (nSPS) is 19.6. The van der Waals surface area contributed by atoms with Crippen LogP contribution in [0.1, 0.15) is 35.9 Å². The SMILES string of the molecule is CNC(=O)c1cc(-c2cc([C@@H]3CNC[C@@H](C)N3C(C)=O)cc(Cl)n2)ncn1. The monoisotopic (exact) mass is 388 g/mol. The number of nitrogens with zero attached hydrogens (tertiary/aromatic N) is 4. The standard InChI is InChI=1S/C18H21ClN6O2/c1-10-7-21-8-16(25(10)11(2)26)12-4-14(24-17(19)5-12)13-6-15(18(27)20-3)23-9-22-13/h4-6,9-10,16,21H,7-8H2,1-3H3,(H,20,27)/t10-,16+/m1/s1. The molecule has 0 unspecified atom stereocenters. The summed E-state index contributed by atoms with van der Waals surface area (Å²) in [7, 11) is 1.54. The molecule has 142 valence electrons. The van der Waals surface area contributed by atoms with Crippen molar-refractivity contribution in [3.8, 4) is 11.4 Å². The first kappa shape index (κ1) is 19.2. The summed E-state index contributed by atoms with van der Waals surface area (Å²) in [5.74, 6) is -0.304. The minimum atomic E-state index is -0.311. The van der Waals surface area contributed by atoms with Crippen molar-refractivity contribution in [2.45, 2.75) is 25.9 Å². The Kier molecular flexibility index (Phi) is 5.67. The minimum absolute atomic E-state index is 0.00687. The summed E-state index contributed by atoms with van der Waals surface area (Å²) >= 11 is 6.25. The smallest absolute Gasteiger partial charge is 0.269 e. The van der Waals surface area contributed by atoms with Crippen LogP contribution in [0.3, 0.4) is 0 Å². The maximum Gasteiger partial charge on any atom is 0.269 e. The molecule has 1 aliphatic heterocycles. The van der Waals surface area contributed by atoms with Gasteiger partial charge in [-0.15, -0.1) is 0 Å². The molecule has 0 bridgehead atoms. The van der Waals surface area contributed by atoms with Crippen LogP contribution in [0.2, 0.25) is 5.15 Å². The Balaban J connectivity index is 2.02. The van der Waals surface area contributed by atoms with Gasteiger partial charge >= 0.3 is 0 Å². The predicted octanol–water partition coefficient (Wildman–Crippen LogP) is 1.43. The highest BCUT2D eigenvalue weighted by molar-refractivity contribution is 6.29. The Morgan fingerprint density at radius 3 is 2.70 bits per heavy atom. The predicted molar refractivity (Wildman–Crippen MR) is 101 cm³/mol. The third-order valence-corrected chi connectivity index (χ3v) is 4.74. The lowest BCUT2D eigenvalue weighted by atomic mass is 10.00. The number of halogens is 1. The molecule has 2 N–H and O–H groups in total. The Morgan fingerprint density at radius 2 is 2.00 bits per heavy atom. The third kappa shape index (κ3) is 4.06. The maximum atomic E-state index is 12.2. The number of aromatic nitrogens is 3. The third-order valence-electron chi connectivity index (χ3n) is 4.54. The highest BCUT2D eigenvalue weighted by Gasteiger charge is 2.31. The second-order valence-electron chi connectivity index (χ2n) is 6.43. The molecule has 0 spiro atoms. The average Bonchev–Trinajstić information content (AvgIpc) is 2.66. The van der Waals surface area contributed by atoms with Crippen molar-refractivity contribution in [3.05, 3.63) is 40.9 Å². The fourth-order valence-corrected chi connectivity index (χ4v) is 3.55. The first-order valence-corrected chi connectivity index (χ1v) is 9.00. The summed E-state index contributed by atoms with van der Waals surface area (Å²) in [6.45, 7) is 4.93. The molecule has 1 aliphatic rings. The zero-order valence-corrected chi connectivity index (χ0v) is 16.1. The van der Waals surface area contributed by atoms with Crippen molar-refractivity contribution in [1.29, 1.82) is 0 Å². The van der Waals surface area contributed by atoms with Crippen LogP contribution in [0.5, 0.6) is 0 Å². The Morgan fingerprint density at radius 1 is 1.22 bits per heavy atom. The van der Waals surface area contributed by atoms with E-state index in [1.165, 1.54) is 13.4 Å². The van der Waals surface area contributed by atoms with Crippen molar-refractivity contribution >= 4 is 23.4 Å². The lowest BCUT2D eigenvalue weighted by molar-refractivity contribution is -0.134. The Labute approximate surface area is 162 Å². The molecule has 8 nitrogen and oxygen atoms in total. The van der Waals surface area contributed by atoms with Gasteiger partial charge in [-0.05, 0) is 30.7 Å². The van der Waals surface area contributed by atoms with E-state index in [1.807, 2.05) is 17.9 Å². The van der Waals surface area contributed by atoms with Crippen LogP contribution in [-0.2, 0) is 4.79 Å². The van der Waals surface area contributed by atoms with Gasteiger partial charge in [0.05, 0.1) is 17.4 Å². The average molecular weight is 389 g/mol. The molecule has 1 fully saturated rings. The van der Waals surface area contributed by atoms with E-state index in [2.05, 4.69) is 25.6 Å². The van der Waals surface area contributed by atoms with Crippen molar-refractivity contribution in [1.82, 2.24) is 30.5 Å². The molecule has 27 heavy (non-hydrogen) atoms. The van der Waals surface area contributed by atoms with Crippen molar-refractivity contribution in [2.24, 2.45) is 0 Å². The quantitative estimate of drug-likeness (QED) is 0.771. The topological polar surface area (TPSA) is 100 Å². The number of rotatable bonds is 3. The molecule has 0 aromatic carbocycles. The van der Waals surface area contributed by atoms with E-state index in [9.17, 15) is 9.59 Å². The number of hydrogen-bond acceptors (Lipinski definition) is 6. The van der Waals surface area contributed by atoms with Crippen LogP contribution in [0, 0.1) is 0 Å². The molecular weight excluding hydrogens is 368 g/mol. The lowest BCUT2D eigenvalue weighted by Gasteiger charge is -2.41. The van der Waals surface area contributed by atoms with Gasteiger partial charge in [0.1, 0.15) is 17.2 Å². The van der Waals surface area contributed by atoms with Crippen molar-refractivity contribution in [2.75, 3.05) is 20.1 Å². The molecule has 3 rings (SSSR count). The van der Waals surface area contributed by atoms with Crippen LogP contribution in [-0.4, -0.2) is 57.8 Å². The van der Waals surface area contributed by atoms with E-state index in [4.69, 9.17) is 11.6 Å². The second-order valence-corrected chi connectivity index (χ2v) is 6.81. The molecule has 0 aliphatic carbocycles. The number of piperazine rings is 1. The van der Waals surface area contributed by atoms with Gasteiger partial charge in [-0.3, -0.25) is 9.59 Å². The molecule has 3 heterocycles. The highest BCUT2D eigenvalue weighted by Crippen LogP contribution is 2.29. The van der Waals surface area contributed by atoms with Crippen LogP contribution >= 0.6 is 11.6 Å². The van der Waals surface area contributed by atoms with E-state index in [-0.39, 0.29) is 29.6 Å². The van der Waals surface area contributed by atoms with Gasteiger partial charge in [0.25, 0.3) is 5.91 Å². The largest absolute Gasteiger partial charge is 0.354 e. The molecule has 2 aromatic rings. The molecule has 1 saturated heterocycles. The Bertz CT molecular complexity index is 875. The first-order chi connectivity index (χ1) is 12.9. The second kappa shape index (κ2) is 7.98. The molecule has 2 atom stereocenters. The first-order valence-electron chi connectivity index (χ1n) is 8.62. The summed E-state index contributed by atoms with van der Waals surface area (Å²) in [5, 5.41) is 6.17. The molecule has 0 saturated carbocycles. The van der Waals surface area contributed by atoms with Gasteiger partial charge in [-0.25, -0.2) is 15.0 Å². The molecule has 2 amide bonds. The van der Waals surface area contributed by atoms with Crippen LogP contribution < -0.4 is 10.6 Å². The summed E-state index contributed by atoms with van der Waals surface area (Å²) in [6.07, 6.45) is 1.31. The van der Waals surface area contributed by atoms with Crippen molar-refractivity contribution in [3.63, 3.8) is 0 Å².